The van der Waals surface area contributed by atoms with Gasteiger partial charge in [-0.3, -0.25) is 4.79 Å². The molecule has 0 amide bonds. The SMILES string of the molecule is O=C(c1c(F)ccc(Br)c1F)C1(O)CCCCC1. The predicted molar refractivity (Wildman–Crippen MR) is 66.4 cm³/mol. The van der Waals surface area contributed by atoms with Gasteiger partial charge in [-0.15, -0.1) is 0 Å². The van der Waals surface area contributed by atoms with E-state index < -0.39 is 28.6 Å². The molecule has 0 spiro atoms. The van der Waals surface area contributed by atoms with E-state index >= 15 is 0 Å². The third-order valence-electron chi connectivity index (χ3n) is 3.37. The van der Waals surface area contributed by atoms with Gasteiger partial charge >= 0.3 is 0 Å². The Hall–Kier alpha value is -0.810. The maximum Gasteiger partial charge on any atom is 0.200 e. The number of Topliss-reactive ketones (excluding diaryl/α,β-unsaturated/α-hetero) is 1. The van der Waals surface area contributed by atoms with E-state index in [1.165, 1.54) is 6.07 Å². The standard InChI is InChI=1S/C13H13BrF2O2/c14-8-4-5-9(15)10(11(8)16)12(17)13(18)6-2-1-3-7-13/h4-5,18H,1-3,6-7H2. The van der Waals surface area contributed by atoms with Crippen LogP contribution in [0.5, 0.6) is 0 Å². The molecule has 0 unspecified atom stereocenters. The first-order valence-corrected chi connectivity index (χ1v) is 6.66. The summed E-state index contributed by atoms with van der Waals surface area (Å²) in [5, 5.41) is 10.2. The molecule has 1 aliphatic rings. The van der Waals surface area contributed by atoms with Gasteiger partial charge in [0.05, 0.1) is 10.0 Å². The highest BCUT2D eigenvalue weighted by Gasteiger charge is 2.40. The average molecular weight is 319 g/mol. The second-order valence-electron chi connectivity index (χ2n) is 4.64. The van der Waals surface area contributed by atoms with Crippen molar-refractivity contribution in [3.63, 3.8) is 0 Å². The predicted octanol–water partition coefficient (Wildman–Crippen LogP) is 3.61. The van der Waals surface area contributed by atoms with Crippen LogP contribution in [0.25, 0.3) is 0 Å². The Morgan fingerprint density at radius 1 is 1.22 bits per heavy atom. The Morgan fingerprint density at radius 2 is 1.83 bits per heavy atom. The first-order valence-electron chi connectivity index (χ1n) is 5.86. The molecule has 0 aromatic heterocycles. The van der Waals surface area contributed by atoms with E-state index in [-0.39, 0.29) is 17.3 Å². The molecule has 1 N–H and O–H groups in total. The zero-order valence-corrected chi connectivity index (χ0v) is 11.3. The first-order chi connectivity index (χ1) is 8.46. The highest BCUT2D eigenvalue weighted by Crippen LogP contribution is 2.33. The van der Waals surface area contributed by atoms with Gasteiger partial charge in [0.1, 0.15) is 11.4 Å². The molecule has 2 nitrogen and oxygen atoms in total. The second-order valence-corrected chi connectivity index (χ2v) is 5.49. The molecule has 5 heteroatoms. The Bertz CT molecular complexity index is 482. The maximum absolute atomic E-state index is 13.8. The van der Waals surface area contributed by atoms with Crippen LogP contribution in [0.4, 0.5) is 8.78 Å². The number of hydrogen-bond donors (Lipinski definition) is 1. The van der Waals surface area contributed by atoms with Gasteiger partial charge in [-0.05, 0) is 40.9 Å². The van der Waals surface area contributed by atoms with Gasteiger partial charge in [-0.1, -0.05) is 19.3 Å². The zero-order chi connectivity index (χ0) is 13.3. The van der Waals surface area contributed by atoms with E-state index in [0.717, 1.165) is 12.5 Å². The van der Waals surface area contributed by atoms with E-state index in [1.54, 1.807) is 0 Å². The quantitative estimate of drug-likeness (QED) is 0.668. The topological polar surface area (TPSA) is 37.3 Å². The Labute approximate surface area is 112 Å². The van der Waals surface area contributed by atoms with Crippen molar-refractivity contribution in [1.82, 2.24) is 0 Å². The fourth-order valence-corrected chi connectivity index (χ4v) is 2.66. The van der Waals surface area contributed by atoms with Crippen molar-refractivity contribution >= 4 is 21.7 Å². The Kier molecular flexibility index (Phi) is 3.82. The van der Waals surface area contributed by atoms with Crippen molar-refractivity contribution in [3.05, 3.63) is 33.8 Å². The van der Waals surface area contributed by atoms with Gasteiger partial charge in [-0.2, -0.15) is 0 Å². The molecule has 1 fully saturated rings. The lowest BCUT2D eigenvalue weighted by molar-refractivity contribution is 0.0108. The largest absolute Gasteiger partial charge is 0.382 e. The van der Waals surface area contributed by atoms with Gasteiger partial charge in [0, 0.05) is 0 Å². The number of carbonyl (C=O) groups is 1. The second kappa shape index (κ2) is 5.05. The molecule has 0 heterocycles. The first kappa shape index (κ1) is 13.6. The lowest BCUT2D eigenvalue weighted by Crippen LogP contribution is -2.41. The molecule has 0 radical (unpaired) electrons. The summed E-state index contributed by atoms with van der Waals surface area (Å²) >= 11 is 2.91. The molecule has 0 aliphatic heterocycles. The lowest BCUT2D eigenvalue weighted by Gasteiger charge is -2.30. The zero-order valence-electron chi connectivity index (χ0n) is 9.68. The summed E-state index contributed by atoms with van der Waals surface area (Å²) in [5.41, 5.74) is -2.27. The summed E-state index contributed by atoms with van der Waals surface area (Å²) in [7, 11) is 0. The van der Waals surface area contributed by atoms with Crippen molar-refractivity contribution in [2.24, 2.45) is 0 Å². The van der Waals surface area contributed by atoms with E-state index in [9.17, 15) is 18.7 Å². The summed E-state index contributed by atoms with van der Waals surface area (Å²) in [6.07, 6.45) is 2.84. The van der Waals surface area contributed by atoms with Crippen LogP contribution in [0.15, 0.2) is 16.6 Å². The van der Waals surface area contributed by atoms with Crippen LogP contribution < -0.4 is 0 Å². The van der Waals surface area contributed by atoms with E-state index in [2.05, 4.69) is 15.9 Å². The average Bonchev–Trinajstić information content (AvgIpc) is 2.35. The van der Waals surface area contributed by atoms with Crippen LogP contribution in [0.1, 0.15) is 42.5 Å². The molecule has 0 atom stereocenters. The Morgan fingerprint density at radius 3 is 2.44 bits per heavy atom. The third kappa shape index (κ3) is 2.34. The van der Waals surface area contributed by atoms with Crippen molar-refractivity contribution in [2.45, 2.75) is 37.7 Å². The molecule has 1 aromatic rings. The number of ketones is 1. The van der Waals surface area contributed by atoms with Crippen molar-refractivity contribution < 1.29 is 18.7 Å². The van der Waals surface area contributed by atoms with Crippen LogP contribution in [0, 0.1) is 11.6 Å². The molecule has 2 rings (SSSR count). The Balaban J connectivity index is 2.42. The monoisotopic (exact) mass is 318 g/mol. The highest BCUT2D eigenvalue weighted by molar-refractivity contribution is 9.10. The summed E-state index contributed by atoms with van der Waals surface area (Å²) in [6.45, 7) is 0. The molecule has 0 bridgehead atoms. The lowest BCUT2D eigenvalue weighted by atomic mass is 9.79. The minimum Gasteiger partial charge on any atom is -0.382 e. The molecule has 0 saturated heterocycles. The number of benzene rings is 1. The van der Waals surface area contributed by atoms with Crippen LogP contribution >= 0.6 is 15.9 Å². The number of rotatable bonds is 2. The summed E-state index contributed by atoms with van der Waals surface area (Å²) in [4.78, 5) is 12.2. The molecule has 98 valence electrons. The van der Waals surface area contributed by atoms with Gasteiger partial charge in [-0.25, -0.2) is 8.78 Å². The fraction of sp³-hybridized carbons (Fsp3) is 0.462. The normalized spacial score (nSPS) is 18.7. The number of carbonyl (C=O) groups excluding carboxylic acids is 1. The minimum absolute atomic E-state index is 0.0201. The molecule has 1 saturated carbocycles. The molecule has 1 aromatic carbocycles. The van der Waals surface area contributed by atoms with Crippen molar-refractivity contribution in [1.29, 1.82) is 0 Å². The van der Waals surface area contributed by atoms with Crippen LogP contribution in [-0.4, -0.2) is 16.5 Å². The summed E-state index contributed by atoms with van der Waals surface area (Å²) < 4.78 is 27.5. The molecular weight excluding hydrogens is 306 g/mol. The molecular formula is C13H13BrF2O2. The van der Waals surface area contributed by atoms with Crippen molar-refractivity contribution in [3.8, 4) is 0 Å². The van der Waals surface area contributed by atoms with Gasteiger partial charge in [0.15, 0.2) is 11.6 Å². The van der Waals surface area contributed by atoms with Crippen molar-refractivity contribution in [2.75, 3.05) is 0 Å². The fourth-order valence-electron chi connectivity index (χ4n) is 2.33. The summed E-state index contributed by atoms with van der Waals surface area (Å²) in [5.74, 6) is -2.72. The number of hydrogen-bond acceptors (Lipinski definition) is 2. The van der Waals surface area contributed by atoms with E-state index in [1.807, 2.05) is 0 Å². The van der Waals surface area contributed by atoms with Crippen LogP contribution in [-0.2, 0) is 0 Å². The summed E-state index contributed by atoms with van der Waals surface area (Å²) in [6, 6.07) is 2.22. The number of halogens is 3. The van der Waals surface area contributed by atoms with Gasteiger partial charge in [0.25, 0.3) is 0 Å². The van der Waals surface area contributed by atoms with Gasteiger partial charge < -0.3 is 5.11 Å². The molecule has 1 aliphatic carbocycles. The smallest absolute Gasteiger partial charge is 0.200 e. The van der Waals surface area contributed by atoms with Crippen LogP contribution in [0.2, 0.25) is 0 Å². The van der Waals surface area contributed by atoms with Crippen LogP contribution in [0.3, 0.4) is 0 Å². The van der Waals surface area contributed by atoms with E-state index in [4.69, 9.17) is 0 Å². The minimum atomic E-state index is -1.62. The number of aliphatic hydroxyl groups is 1. The molecule has 18 heavy (non-hydrogen) atoms. The maximum atomic E-state index is 13.8. The third-order valence-corrected chi connectivity index (χ3v) is 3.99. The van der Waals surface area contributed by atoms with E-state index in [0.29, 0.717) is 12.8 Å². The highest BCUT2D eigenvalue weighted by atomic mass is 79.9. The van der Waals surface area contributed by atoms with Gasteiger partial charge in [0.2, 0.25) is 0 Å².